The molecule has 1 fully saturated rings. The van der Waals surface area contributed by atoms with E-state index in [4.69, 9.17) is 4.74 Å². The van der Waals surface area contributed by atoms with Crippen LogP contribution in [0.4, 0.5) is 17.6 Å². The predicted octanol–water partition coefficient (Wildman–Crippen LogP) is 4.78. The molecule has 0 amide bonds. The molecule has 0 N–H and O–H groups in total. The van der Waals surface area contributed by atoms with E-state index in [1.54, 1.807) is 12.1 Å². The number of Topliss-reactive ketones (excluding diaryl/α,β-unsaturated/α-hetero) is 1. The Kier molecular flexibility index (Phi) is 8.69. The number of ether oxygens (including phenoxy) is 1. The number of carbonyl (C=O) groups is 1. The maximum atomic E-state index is 14.1. The van der Waals surface area contributed by atoms with Crippen LogP contribution in [-0.4, -0.2) is 69.0 Å². The Labute approximate surface area is 235 Å². The summed E-state index contributed by atoms with van der Waals surface area (Å²) < 4.78 is 86.6. The van der Waals surface area contributed by atoms with Gasteiger partial charge in [-0.05, 0) is 59.2 Å². The third-order valence-corrected chi connectivity index (χ3v) is 8.12. The molecule has 2 aliphatic rings. The molecule has 0 spiro atoms. The topological polar surface area (TPSA) is 66.9 Å². The first-order valence-electron chi connectivity index (χ1n) is 12.2. The minimum absolute atomic E-state index is 0. The lowest BCUT2D eigenvalue weighted by Crippen LogP contribution is -2.49. The fourth-order valence-electron chi connectivity index (χ4n) is 4.90. The first kappa shape index (κ1) is 29.7. The van der Waals surface area contributed by atoms with E-state index in [1.165, 1.54) is 22.7 Å². The van der Waals surface area contributed by atoms with Gasteiger partial charge in [-0.2, -0.15) is 4.31 Å². The number of sulfonamides is 1. The smallest absolute Gasteiger partial charge is 0.211 e. The van der Waals surface area contributed by atoms with Gasteiger partial charge in [0.05, 0.1) is 6.26 Å². The molecule has 1 aliphatic heterocycles. The van der Waals surface area contributed by atoms with Gasteiger partial charge in [0.25, 0.3) is 0 Å². The summed E-state index contributed by atoms with van der Waals surface area (Å²) in [5, 5.41) is 0. The monoisotopic (exact) mass is 596 g/mol. The van der Waals surface area contributed by atoms with Crippen LogP contribution < -0.4 is 4.74 Å². The zero-order chi connectivity index (χ0) is 27.9. The van der Waals surface area contributed by atoms with E-state index in [0.717, 1.165) is 24.3 Å². The average molecular weight is 597 g/mol. The van der Waals surface area contributed by atoms with Crippen molar-refractivity contribution in [3.8, 4) is 5.75 Å². The van der Waals surface area contributed by atoms with Gasteiger partial charge < -0.3 is 4.74 Å². The zero-order valence-electron chi connectivity index (χ0n) is 21.3. The van der Waals surface area contributed by atoms with Crippen LogP contribution >= 0.6 is 12.4 Å². The van der Waals surface area contributed by atoms with Crippen molar-refractivity contribution in [2.45, 2.75) is 0 Å². The Hall–Kier alpha value is -3.25. The number of hydrogen-bond donors (Lipinski definition) is 0. The molecule has 212 valence electrons. The van der Waals surface area contributed by atoms with Crippen LogP contribution in [0.3, 0.4) is 0 Å². The van der Waals surface area contributed by atoms with Crippen LogP contribution in [0, 0.1) is 23.3 Å². The summed E-state index contributed by atoms with van der Waals surface area (Å²) >= 11 is 0. The third kappa shape index (κ3) is 6.07. The van der Waals surface area contributed by atoms with Crippen molar-refractivity contribution in [3.63, 3.8) is 0 Å². The molecule has 3 aromatic carbocycles. The molecule has 1 saturated heterocycles. The number of nitrogens with zero attached hydrogens (tertiary/aromatic N) is 2. The maximum Gasteiger partial charge on any atom is 0.211 e. The highest BCUT2D eigenvalue weighted by Crippen LogP contribution is 2.43. The van der Waals surface area contributed by atoms with Crippen molar-refractivity contribution in [2.24, 2.45) is 0 Å². The van der Waals surface area contributed by atoms with Crippen molar-refractivity contribution < 1.29 is 35.5 Å². The van der Waals surface area contributed by atoms with Gasteiger partial charge in [-0.1, -0.05) is 6.07 Å². The number of benzene rings is 3. The highest BCUT2D eigenvalue weighted by Gasteiger charge is 2.33. The Bertz CT molecular complexity index is 1590. The second-order valence-electron chi connectivity index (χ2n) is 9.43. The lowest BCUT2D eigenvalue weighted by molar-refractivity contribution is 0.105. The molecule has 0 unspecified atom stereocenters. The van der Waals surface area contributed by atoms with E-state index in [0.29, 0.717) is 50.1 Å². The summed E-state index contributed by atoms with van der Waals surface area (Å²) in [6, 6.07) is 10.6. The molecule has 3 aromatic rings. The van der Waals surface area contributed by atoms with Crippen molar-refractivity contribution in [1.29, 1.82) is 0 Å². The Morgan fingerprint density at radius 2 is 1.45 bits per heavy atom. The van der Waals surface area contributed by atoms with Crippen LogP contribution in [0.5, 0.6) is 5.75 Å². The highest BCUT2D eigenvalue weighted by molar-refractivity contribution is 7.88. The Balaban J connectivity index is 0.00000370. The van der Waals surface area contributed by atoms with Crippen LogP contribution in [0.25, 0.3) is 11.1 Å². The van der Waals surface area contributed by atoms with Crippen LogP contribution in [-0.2, 0) is 10.0 Å². The summed E-state index contributed by atoms with van der Waals surface area (Å²) in [5.74, 6) is -4.07. The SMILES string of the molecule is CS(=O)(=O)N1CCN(CCOc2ccc3c(c2)C(=O)C(c2ccc(F)c(F)c2)=C3c2cc(F)cc(F)c2)CC1.Cl. The fourth-order valence-corrected chi connectivity index (χ4v) is 5.73. The van der Waals surface area contributed by atoms with E-state index in [9.17, 15) is 30.8 Å². The predicted molar refractivity (Wildman–Crippen MR) is 145 cm³/mol. The second-order valence-corrected chi connectivity index (χ2v) is 11.4. The summed E-state index contributed by atoms with van der Waals surface area (Å²) in [6.07, 6.45) is 1.18. The van der Waals surface area contributed by atoms with Gasteiger partial charge in [0.15, 0.2) is 17.4 Å². The lowest BCUT2D eigenvalue weighted by Gasteiger charge is -2.33. The van der Waals surface area contributed by atoms with E-state index in [1.807, 2.05) is 0 Å². The lowest BCUT2D eigenvalue weighted by atomic mass is 9.94. The normalized spacial score (nSPS) is 16.2. The first-order valence-corrected chi connectivity index (χ1v) is 14.0. The van der Waals surface area contributed by atoms with Gasteiger partial charge >= 0.3 is 0 Å². The van der Waals surface area contributed by atoms with Gasteiger partial charge in [-0.3, -0.25) is 9.69 Å². The minimum atomic E-state index is -3.22. The van der Waals surface area contributed by atoms with Crippen molar-refractivity contribution in [1.82, 2.24) is 9.21 Å². The van der Waals surface area contributed by atoms with E-state index in [-0.39, 0.29) is 46.9 Å². The molecule has 12 heteroatoms. The molecule has 5 rings (SSSR count). The number of carbonyl (C=O) groups excluding carboxylic acids is 1. The molecule has 1 heterocycles. The number of fused-ring (bicyclic) bond motifs is 1. The molecule has 1 aliphatic carbocycles. The average Bonchev–Trinajstić information content (AvgIpc) is 3.17. The molecule has 0 radical (unpaired) electrons. The van der Waals surface area contributed by atoms with Crippen molar-refractivity contribution in [2.75, 3.05) is 45.6 Å². The zero-order valence-corrected chi connectivity index (χ0v) is 22.9. The molecule has 40 heavy (non-hydrogen) atoms. The Morgan fingerprint density at radius 3 is 2.08 bits per heavy atom. The molecular weight excluding hydrogens is 572 g/mol. The molecule has 6 nitrogen and oxygen atoms in total. The maximum absolute atomic E-state index is 14.1. The number of ketones is 1. The highest BCUT2D eigenvalue weighted by atomic mass is 35.5. The molecule has 0 saturated carbocycles. The van der Waals surface area contributed by atoms with Gasteiger partial charge in [0.1, 0.15) is 24.0 Å². The largest absolute Gasteiger partial charge is 0.492 e. The number of hydrogen-bond acceptors (Lipinski definition) is 5. The number of rotatable bonds is 7. The number of allylic oxidation sites excluding steroid dienone is 1. The summed E-state index contributed by atoms with van der Waals surface area (Å²) in [6.45, 7) is 2.73. The van der Waals surface area contributed by atoms with E-state index in [2.05, 4.69) is 4.90 Å². The summed E-state index contributed by atoms with van der Waals surface area (Å²) in [7, 11) is -3.22. The van der Waals surface area contributed by atoms with Gasteiger partial charge in [0, 0.05) is 55.5 Å². The van der Waals surface area contributed by atoms with E-state index >= 15 is 0 Å². The molecule has 0 aromatic heterocycles. The molecular formula is C28H25ClF4N2O4S. The second kappa shape index (κ2) is 11.7. The van der Waals surface area contributed by atoms with Gasteiger partial charge in [-0.25, -0.2) is 26.0 Å². The quantitative estimate of drug-likeness (QED) is 0.368. The Morgan fingerprint density at radius 1 is 0.775 bits per heavy atom. The number of halogens is 5. The summed E-state index contributed by atoms with van der Waals surface area (Å²) in [4.78, 5) is 15.6. The fraction of sp³-hybridized carbons (Fsp3) is 0.250. The molecule has 0 atom stereocenters. The van der Waals surface area contributed by atoms with Crippen molar-refractivity contribution >= 4 is 39.4 Å². The van der Waals surface area contributed by atoms with Crippen LogP contribution in [0.15, 0.2) is 54.6 Å². The van der Waals surface area contributed by atoms with Gasteiger partial charge in [0.2, 0.25) is 10.0 Å². The van der Waals surface area contributed by atoms with Crippen LogP contribution in [0.1, 0.15) is 27.0 Å². The number of piperazine rings is 1. The first-order chi connectivity index (χ1) is 18.5. The van der Waals surface area contributed by atoms with Gasteiger partial charge in [-0.15, -0.1) is 12.4 Å². The molecule has 0 bridgehead atoms. The van der Waals surface area contributed by atoms with Crippen LogP contribution in [0.2, 0.25) is 0 Å². The van der Waals surface area contributed by atoms with E-state index < -0.39 is 39.1 Å². The van der Waals surface area contributed by atoms with Crippen molar-refractivity contribution in [3.05, 3.63) is 100 Å². The summed E-state index contributed by atoms with van der Waals surface area (Å²) in [5.41, 5.74) is 0.943. The minimum Gasteiger partial charge on any atom is -0.492 e. The standard InChI is InChI=1S/C28H24F4N2O4S.ClH/c1-39(36,37)34-8-6-33(7-9-34)10-11-38-21-3-4-22-23(16-21)28(35)27(17-2-5-24(31)25(32)14-17)26(22)18-12-19(29)15-20(30)13-18;/h2-5,12-16H,6-11H2,1H3;1H. The third-order valence-electron chi connectivity index (χ3n) is 6.82.